The van der Waals surface area contributed by atoms with Crippen molar-refractivity contribution in [3.8, 4) is 0 Å². The SMILES string of the molecule is CCCN(Cc1ncnn1CCC)c1ccc(N)cc1. The molecule has 0 amide bonds. The lowest BCUT2D eigenvalue weighted by atomic mass is 10.2. The van der Waals surface area contributed by atoms with Gasteiger partial charge in [0.25, 0.3) is 0 Å². The van der Waals surface area contributed by atoms with E-state index in [1.807, 2.05) is 16.8 Å². The monoisotopic (exact) mass is 273 g/mol. The molecule has 5 nitrogen and oxygen atoms in total. The molecule has 0 aliphatic carbocycles. The van der Waals surface area contributed by atoms with Crippen LogP contribution in [0.4, 0.5) is 11.4 Å². The molecule has 0 bridgehead atoms. The predicted octanol–water partition coefficient (Wildman–Crippen LogP) is 2.69. The summed E-state index contributed by atoms with van der Waals surface area (Å²) in [4.78, 5) is 6.70. The molecule has 20 heavy (non-hydrogen) atoms. The smallest absolute Gasteiger partial charge is 0.146 e. The van der Waals surface area contributed by atoms with Crippen molar-refractivity contribution < 1.29 is 0 Å². The number of nitrogens with two attached hydrogens (primary N) is 1. The lowest BCUT2D eigenvalue weighted by Gasteiger charge is -2.24. The van der Waals surface area contributed by atoms with Gasteiger partial charge in [0.15, 0.2) is 0 Å². The Morgan fingerprint density at radius 2 is 1.90 bits per heavy atom. The van der Waals surface area contributed by atoms with Crippen LogP contribution >= 0.6 is 0 Å². The molecule has 5 heteroatoms. The molecule has 0 aliphatic rings. The first-order valence-corrected chi connectivity index (χ1v) is 7.21. The average molecular weight is 273 g/mol. The van der Waals surface area contributed by atoms with Crippen molar-refractivity contribution in [1.29, 1.82) is 0 Å². The Labute approximate surface area is 120 Å². The van der Waals surface area contributed by atoms with Gasteiger partial charge in [0.1, 0.15) is 12.2 Å². The lowest BCUT2D eigenvalue weighted by Crippen LogP contribution is -2.25. The predicted molar refractivity (Wildman–Crippen MR) is 82.5 cm³/mol. The van der Waals surface area contributed by atoms with Gasteiger partial charge in [-0.25, -0.2) is 9.67 Å². The zero-order valence-electron chi connectivity index (χ0n) is 12.3. The topological polar surface area (TPSA) is 60.0 Å². The number of aryl methyl sites for hydroxylation is 1. The van der Waals surface area contributed by atoms with Gasteiger partial charge in [0.05, 0.1) is 6.54 Å². The summed E-state index contributed by atoms with van der Waals surface area (Å²) in [5, 5.41) is 4.29. The van der Waals surface area contributed by atoms with Gasteiger partial charge in [-0.15, -0.1) is 0 Å². The number of nitrogen functional groups attached to an aromatic ring is 1. The summed E-state index contributed by atoms with van der Waals surface area (Å²) in [6.07, 6.45) is 3.79. The van der Waals surface area contributed by atoms with E-state index in [0.29, 0.717) is 0 Å². The van der Waals surface area contributed by atoms with Crippen LogP contribution in [-0.4, -0.2) is 21.3 Å². The molecule has 0 fully saturated rings. The highest BCUT2D eigenvalue weighted by Crippen LogP contribution is 2.18. The van der Waals surface area contributed by atoms with E-state index >= 15 is 0 Å². The van der Waals surface area contributed by atoms with E-state index in [2.05, 4.69) is 41.0 Å². The van der Waals surface area contributed by atoms with Crippen LogP contribution in [0.15, 0.2) is 30.6 Å². The van der Waals surface area contributed by atoms with Gasteiger partial charge < -0.3 is 10.6 Å². The van der Waals surface area contributed by atoms with Crippen LogP contribution in [0.5, 0.6) is 0 Å². The first kappa shape index (κ1) is 14.4. The van der Waals surface area contributed by atoms with Crippen molar-refractivity contribution in [3.05, 3.63) is 36.4 Å². The molecule has 0 radical (unpaired) electrons. The third-order valence-corrected chi connectivity index (χ3v) is 3.22. The zero-order valence-corrected chi connectivity index (χ0v) is 12.3. The van der Waals surface area contributed by atoms with E-state index in [-0.39, 0.29) is 0 Å². The Bertz CT molecular complexity index is 517. The zero-order chi connectivity index (χ0) is 14.4. The molecule has 108 valence electrons. The molecule has 0 saturated carbocycles. The second kappa shape index (κ2) is 6.93. The molecule has 1 aromatic carbocycles. The van der Waals surface area contributed by atoms with Crippen LogP contribution in [0.2, 0.25) is 0 Å². The van der Waals surface area contributed by atoms with E-state index in [9.17, 15) is 0 Å². The summed E-state index contributed by atoms with van der Waals surface area (Å²) in [7, 11) is 0. The van der Waals surface area contributed by atoms with E-state index in [4.69, 9.17) is 5.73 Å². The van der Waals surface area contributed by atoms with E-state index in [1.165, 1.54) is 5.69 Å². The van der Waals surface area contributed by atoms with Crippen molar-refractivity contribution >= 4 is 11.4 Å². The Morgan fingerprint density at radius 3 is 2.55 bits per heavy atom. The molecule has 0 aliphatic heterocycles. The van der Waals surface area contributed by atoms with Crippen LogP contribution in [0, 0.1) is 0 Å². The minimum Gasteiger partial charge on any atom is -0.399 e. The highest BCUT2D eigenvalue weighted by molar-refractivity contribution is 5.53. The largest absolute Gasteiger partial charge is 0.399 e. The molecule has 2 aromatic rings. The summed E-state index contributed by atoms with van der Waals surface area (Å²) in [5.74, 6) is 1.01. The van der Waals surface area contributed by atoms with Crippen LogP contribution in [0.25, 0.3) is 0 Å². The minimum atomic E-state index is 0.776. The average Bonchev–Trinajstić information content (AvgIpc) is 2.87. The fraction of sp³-hybridized carbons (Fsp3) is 0.467. The fourth-order valence-corrected chi connectivity index (χ4v) is 2.23. The first-order valence-electron chi connectivity index (χ1n) is 7.21. The standard InChI is InChI=1S/C15H23N5/c1-3-9-19(14-7-5-13(16)6-8-14)11-15-17-12-18-20(15)10-4-2/h5-8,12H,3-4,9-11,16H2,1-2H3. The maximum Gasteiger partial charge on any atom is 0.146 e. The van der Waals surface area contributed by atoms with Crippen molar-refractivity contribution in [2.45, 2.75) is 39.8 Å². The minimum absolute atomic E-state index is 0.776. The molecule has 0 atom stereocenters. The van der Waals surface area contributed by atoms with E-state index in [1.54, 1.807) is 6.33 Å². The Balaban J connectivity index is 2.16. The number of rotatable bonds is 7. The van der Waals surface area contributed by atoms with Crippen LogP contribution in [0.3, 0.4) is 0 Å². The second-order valence-corrected chi connectivity index (χ2v) is 4.91. The summed E-state index contributed by atoms with van der Waals surface area (Å²) in [6, 6.07) is 8.00. The molecule has 2 rings (SSSR count). The Hall–Kier alpha value is -2.04. The normalized spacial score (nSPS) is 10.7. The van der Waals surface area contributed by atoms with Gasteiger partial charge in [0.2, 0.25) is 0 Å². The third kappa shape index (κ3) is 3.50. The molecule has 1 aromatic heterocycles. The van der Waals surface area contributed by atoms with Crippen molar-refractivity contribution in [2.75, 3.05) is 17.2 Å². The summed E-state index contributed by atoms with van der Waals surface area (Å²) in [6.45, 7) is 7.01. The van der Waals surface area contributed by atoms with Crippen molar-refractivity contribution in [2.24, 2.45) is 0 Å². The van der Waals surface area contributed by atoms with Crippen molar-refractivity contribution in [1.82, 2.24) is 14.8 Å². The number of hydrogen-bond donors (Lipinski definition) is 1. The summed E-state index contributed by atoms with van der Waals surface area (Å²) in [5.41, 5.74) is 7.72. The molecule has 2 N–H and O–H groups in total. The molecule has 0 saturated heterocycles. The maximum absolute atomic E-state index is 5.76. The highest BCUT2D eigenvalue weighted by Gasteiger charge is 2.11. The van der Waals surface area contributed by atoms with Gasteiger partial charge >= 0.3 is 0 Å². The van der Waals surface area contributed by atoms with Gasteiger partial charge in [0, 0.05) is 24.5 Å². The van der Waals surface area contributed by atoms with E-state index < -0.39 is 0 Å². The third-order valence-electron chi connectivity index (χ3n) is 3.22. The number of aromatic nitrogens is 3. The number of anilines is 2. The van der Waals surface area contributed by atoms with Crippen LogP contribution in [0.1, 0.15) is 32.5 Å². The summed E-state index contributed by atoms with van der Waals surface area (Å²) >= 11 is 0. The first-order chi connectivity index (χ1) is 9.74. The van der Waals surface area contributed by atoms with Crippen molar-refractivity contribution in [3.63, 3.8) is 0 Å². The summed E-state index contributed by atoms with van der Waals surface area (Å²) < 4.78 is 1.99. The van der Waals surface area contributed by atoms with Crippen LogP contribution < -0.4 is 10.6 Å². The number of hydrogen-bond acceptors (Lipinski definition) is 4. The maximum atomic E-state index is 5.76. The Morgan fingerprint density at radius 1 is 1.15 bits per heavy atom. The lowest BCUT2D eigenvalue weighted by molar-refractivity contribution is 0.560. The molecular formula is C15H23N5. The molecule has 0 unspecified atom stereocenters. The number of nitrogens with zero attached hydrogens (tertiary/aromatic N) is 4. The second-order valence-electron chi connectivity index (χ2n) is 4.91. The molecule has 0 spiro atoms. The molecular weight excluding hydrogens is 250 g/mol. The fourth-order valence-electron chi connectivity index (χ4n) is 2.23. The number of benzene rings is 1. The molecule has 1 heterocycles. The van der Waals surface area contributed by atoms with Gasteiger partial charge in [-0.1, -0.05) is 13.8 Å². The van der Waals surface area contributed by atoms with Gasteiger partial charge in [-0.2, -0.15) is 5.10 Å². The van der Waals surface area contributed by atoms with Gasteiger partial charge in [-0.05, 0) is 37.1 Å². The quantitative estimate of drug-likeness (QED) is 0.788. The Kier molecular flexibility index (Phi) is 4.98. The van der Waals surface area contributed by atoms with Gasteiger partial charge in [-0.3, -0.25) is 0 Å². The van der Waals surface area contributed by atoms with E-state index in [0.717, 1.165) is 44.0 Å². The highest BCUT2D eigenvalue weighted by atomic mass is 15.3. The van der Waals surface area contributed by atoms with Crippen LogP contribution in [-0.2, 0) is 13.1 Å².